The van der Waals surface area contributed by atoms with Gasteiger partial charge in [0.1, 0.15) is 0 Å². The molecule has 3 N–H and O–H groups in total. The van der Waals surface area contributed by atoms with E-state index in [4.69, 9.17) is 5.73 Å². The summed E-state index contributed by atoms with van der Waals surface area (Å²) in [6, 6.07) is 1.66. The maximum atomic E-state index is 12.0. The molecule has 0 bridgehead atoms. The molecule has 1 aromatic rings. The van der Waals surface area contributed by atoms with E-state index in [1.54, 1.807) is 19.2 Å². The Kier molecular flexibility index (Phi) is 5.58. The Balaban J connectivity index is 2.53. The van der Waals surface area contributed by atoms with Crippen molar-refractivity contribution >= 4 is 11.6 Å². The van der Waals surface area contributed by atoms with Gasteiger partial charge in [0.15, 0.2) is 0 Å². The standard InChI is InChI=1S/C13H22N4O/c1-4-17(5-2)7-6-15-13(18)12-8-11(14)9-16-10(12)3/h8-9H,4-7,14H2,1-3H3,(H,15,18). The van der Waals surface area contributed by atoms with Crippen molar-refractivity contribution in [2.45, 2.75) is 20.8 Å². The van der Waals surface area contributed by atoms with E-state index in [0.29, 0.717) is 23.5 Å². The van der Waals surface area contributed by atoms with E-state index in [-0.39, 0.29) is 5.91 Å². The van der Waals surface area contributed by atoms with Crippen LogP contribution in [-0.2, 0) is 0 Å². The lowest BCUT2D eigenvalue weighted by atomic mass is 10.2. The third kappa shape index (κ3) is 4.00. The largest absolute Gasteiger partial charge is 0.397 e. The number of amides is 1. The minimum Gasteiger partial charge on any atom is -0.397 e. The van der Waals surface area contributed by atoms with E-state index in [0.717, 1.165) is 19.6 Å². The lowest BCUT2D eigenvalue weighted by Gasteiger charge is -2.18. The molecule has 1 rings (SSSR count). The van der Waals surface area contributed by atoms with Crippen molar-refractivity contribution in [1.82, 2.24) is 15.2 Å². The molecule has 0 saturated heterocycles. The smallest absolute Gasteiger partial charge is 0.253 e. The van der Waals surface area contributed by atoms with Crippen molar-refractivity contribution in [3.63, 3.8) is 0 Å². The average molecular weight is 250 g/mol. The molecular formula is C13H22N4O. The molecule has 1 heterocycles. The van der Waals surface area contributed by atoms with Crippen molar-refractivity contribution in [2.75, 3.05) is 31.9 Å². The number of nitrogens with zero attached hydrogens (tertiary/aromatic N) is 2. The molecule has 18 heavy (non-hydrogen) atoms. The molecule has 0 aromatic carbocycles. The first-order valence-electron chi connectivity index (χ1n) is 6.31. The molecule has 0 atom stereocenters. The molecule has 0 aliphatic heterocycles. The zero-order valence-corrected chi connectivity index (χ0v) is 11.4. The summed E-state index contributed by atoms with van der Waals surface area (Å²) in [6.45, 7) is 9.49. The first-order chi connectivity index (χ1) is 8.58. The van der Waals surface area contributed by atoms with Gasteiger partial charge >= 0.3 is 0 Å². The fourth-order valence-corrected chi connectivity index (χ4v) is 1.74. The second-order valence-electron chi connectivity index (χ2n) is 4.18. The molecule has 5 heteroatoms. The number of hydrogen-bond acceptors (Lipinski definition) is 4. The summed E-state index contributed by atoms with van der Waals surface area (Å²) in [7, 11) is 0. The van der Waals surface area contributed by atoms with Crippen LogP contribution in [-0.4, -0.2) is 42.0 Å². The maximum absolute atomic E-state index is 12.0. The molecule has 0 spiro atoms. The number of nitrogens with two attached hydrogens (primary N) is 1. The van der Waals surface area contributed by atoms with Crippen LogP contribution in [0.25, 0.3) is 0 Å². The molecule has 0 aliphatic carbocycles. The van der Waals surface area contributed by atoms with Crippen LogP contribution in [0, 0.1) is 6.92 Å². The molecule has 1 aromatic heterocycles. The summed E-state index contributed by atoms with van der Waals surface area (Å²) < 4.78 is 0. The summed E-state index contributed by atoms with van der Waals surface area (Å²) in [5, 5.41) is 2.89. The number of anilines is 1. The number of carbonyl (C=O) groups is 1. The van der Waals surface area contributed by atoms with Gasteiger partial charge in [0.25, 0.3) is 5.91 Å². The minimum atomic E-state index is -0.112. The lowest BCUT2D eigenvalue weighted by Crippen LogP contribution is -2.35. The summed E-state index contributed by atoms with van der Waals surface area (Å²) in [5.74, 6) is -0.112. The van der Waals surface area contributed by atoms with Crippen molar-refractivity contribution in [2.24, 2.45) is 0 Å². The Bertz CT molecular complexity index is 402. The highest BCUT2D eigenvalue weighted by Crippen LogP contribution is 2.08. The predicted octanol–water partition coefficient (Wildman–Crippen LogP) is 1.04. The molecule has 1 amide bonds. The van der Waals surface area contributed by atoms with Crippen LogP contribution in [0.1, 0.15) is 29.9 Å². The van der Waals surface area contributed by atoms with E-state index in [2.05, 4.69) is 29.0 Å². The van der Waals surface area contributed by atoms with Crippen LogP contribution in [0.3, 0.4) is 0 Å². The number of nitrogens with one attached hydrogen (secondary N) is 1. The number of likely N-dealkylation sites (N-methyl/N-ethyl adjacent to an activating group) is 1. The van der Waals surface area contributed by atoms with Crippen molar-refractivity contribution in [3.05, 3.63) is 23.5 Å². The molecule has 0 unspecified atom stereocenters. The second-order valence-corrected chi connectivity index (χ2v) is 4.18. The average Bonchev–Trinajstić information content (AvgIpc) is 2.37. The van der Waals surface area contributed by atoms with Gasteiger partial charge in [-0.3, -0.25) is 9.78 Å². The normalized spacial score (nSPS) is 10.7. The Morgan fingerprint density at radius 2 is 2.11 bits per heavy atom. The van der Waals surface area contributed by atoms with Gasteiger partial charge in [0.05, 0.1) is 23.1 Å². The summed E-state index contributed by atoms with van der Waals surface area (Å²) in [5.41, 5.74) is 7.39. The molecule has 100 valence electrons. The van der Waals surface area contributed by atoms with Crippen LogP contribution < -0.4 is 11.1 Å². The van der Waals surface area contributed by atoms with Crippen molar-refractivity contribution in [3.8, 4) is 0 Å². The number of aromatic nitrogens is 1. The van der Waals surface area contributed by atoms with E-state index in [9.17, 15) is 4.79 Å². The SMILES string of the molecule is CCN(CC)CCNC(=O)c1cc(N)cnc1C. The number of hydrogen-bond donors (Lipinski definition) is 2. The van der Waals surface area contributed by atoms with Crippen LogP contribution >= 0.6 is 0 Å². The molecule has 0 aliphatic rings. The van der Waals surface area contributed by atoms with Crippen molar-refractivity contribution in [1.29, 1.82) is 0 Å². The zero-order valence-electron chi connectivity index (χ0n) is 11.4. The predicted molar refractivity (Wildman–Crippen MR) is 73.5 cm³/mol. The summed E-state index contributed by atoms with van der Waals surface area (Å²) >= 11 is 0. The van der Waals surface area contributed by atoms with E-state index in [1.807, 2.05) is 0 Å². The Morgan fingerprint density at radius 1 is 1.44 bits per heavy atom. The number of pyridine rings is 1. The van der Waals surface area contributed by atoms with Gasteiger partial charge < -0.3 is 16.0 Å². The van der Waals surface area contributed by atoms with E-state index < -0.39 is 0 Å². The zero-order chi connectivity index (χ0) is 13.5. The highest BCUT2D eigenvalue weighted by atomic mass is 16.1. The summed E-state index contributed by atoms with van der Waals surface area (Å²) in [6.07, 6.45) is 1.56. The summed E-state index contributed by atoms with van der Waals surface area (Å²) in [4.78, 5) is 18.3. The second kappa shape index (κ2) is 6.96. The molecule has 0 radical (unpaired) electrons. The van der Waals surface area contributed by atoms with Crippen molar-refractivity contribution < 1.29 is 4.79 Å². The quantitative estimate of drug-likeness (QED) is 0.791. The molecule has 0 saturated carbocycles. The molecule has 5 nitrogen and oxygen atoms in total. The fraction of sp³-hybridized carbons (Fsp3) is 0.538. The first-order valence-corrected chi connectivity index (χ1v) is 6.31. The van der Waals surface area contributed by atoms with Gasteiger partial charge in [0, 0.05) is 13.1 Å². The number of nitrogen functional groups attached to an aromatic ring is 1. The van der Waals surface area contributed by atoms with Gasteiger partial charge in [-0.25, -0.2) is 0 Å². The van der Waals surface area contributed by atoms with Gasteiger partial charge in [-0.1, -0.05) is 13.8 Å². The Hall–Kier alpha value is -1.62. The highest BCUT2D eigenvalue weighted by molar-refractivity contribution is 5.95. The van der Waals surface area contributed by atoms with Crippen LogP contribution in [0.15, 0.2) is 12.3 Å². The van der Waals surface area contributed by atoms with E-state index >= 15 is 0 Å². The fourth-order valence-electron chi connectivity index (χ4n) is 1.74. The van der Waals surface area contributed by atoms with Gasteiger partial charge in [-0.05, 0) is 26.1 Å². The van der Waals surface area contributed by atoms with Gasteiger partial charge in [-0.15, -0.1) is 0 Å². The maximum Gasteiger partial charge on any atom is 0.253 e. The highest BCUT2D eigenvalue weighted by Gasteiger charge is 2.10. The van der Waals surface area contributed by atoms with Crippen LogP contribution in [0.4, 0.5) is 5.69 Å². The van der Waals surface area contributed by atoms with Crippen LogP contribution in [0.5, 0.6) is 0 Å². The number of rotatable bonds is 6. The minimum absolute atomic E-state index is 0.112. The number of carbonyl (C=O) groups excluding carboxylic acids is 1. The first kappa shape index (κ1) is 14.4. The lowest BCUT2D eigenvalue weighted by molar-refractivity contribution is 0.0948. The topological polar surface area (TPSA) is 71.2 Å². The molecule has 0 fully saturated rings. The monoisotopic (exact) mass is 250 g/mol. The van der Waals surface area contributed by atoms with Crippen LogP contribution in [0.2, 0.25) is 0 Å². The van der Waals surface area contributed by atoms with E-state index in [1.165, 1.54) is 0 Å². The molecular weight excluding hydrogens is 228 g/mol. The van der Waals surface area contributed by atoms with Gasteiger partial charge in [0.2, 0.25) is 0 Å². The Morgan fingerprint density at radius 3 is 2.72 bits per heavy atom. The third-order valence-corrected chi connectivity index (χ3v) is 2.96. The number of aryl methyl sites for hydroxylation is 1. The van der Waals surface area contributed by atoms with Gasteiger partial charge in [-0.2, -0.15) is 0 Å². The third-order valence-electron chi connectivity index (χ3n) is 2.96. The Labute approximate surface area is 108 Å².